The molecule has 2 aromatic carbocycles. The lowest BCUT2D eigenvalue weighted by atomic mass is 10.2. The summed E-state index contributed by atoms with van der Waals surface area (Å²) in [5.74, 6) is 0. The zero-order chi connectivity index (χ0) is 15.7. The summed E-state index contributed by atoms with van der Waals surface area (Å²) in [6.07, 6.45) is 2.53. The van der Waals surface area contributed by atoms with Gasteiger partial charge in [-0.05, 0) is 30.7 Å². The minimum Gasteiger partial charge on any atom is -0.387 e. The summed E-state index contributed by atoms with van der Waals surface area (Å²) in [6.45, 7) is 1.91. The van der Waals surface area contributed by atoms with E-state index in [1.54, 1.807) is 48.6 Å². The monoisotopic (exact) mass is 315 g/mol. The summed E-state index contributed by atoms with van der Waals surface area (Å²) >= 11 is 0. The molecule has 5 heteroatoms. The van der Waals surface area contributed by atoms with E-state index in [-0.39, 0.29) is 11.4 Å². The molecule has 114 valence electrons. The number of nitrogens with zero attached hydrogens (tertiary/aromatic N) is 1. The molecule has 0 amide bonds. The fourth-order valence-electron chi connectivity index (χ4n) is 2.46. The first-order chi connectivity index (χ1) is 10.5. The van der Waals surface area contributed by atoms with Gasteiger partial charge in [-0.3, -0.25) is 4.31 Å². The molecule has 0 saturated carbocycles. The Morgan fingerprint density at radius 2 is 1.77 bits per heavy atom. The molecular weight excluding hydrogens is 298 g/mol. The molecule has 0 aliphatic carbocycles. The quantitative estimate of drug-likeness (QED) is 0.926. The number of aryl methyl sites for hydroxylation is 1. The van der Waals surface area contributed by atoms with Crippen LogP contribution >= 0.6 is 0 Å². The number of aliphatic hydroxyl groups excluding tert-OH is 1. The molecular formula is C17H17NO3S. The largest absolute Gasteiger partial charge is 0.387 e. The maximum atomic E-state index is 12.9. The van der Waals surface area contributed by atoms with Crippen molar-refractivity contribution in [2.45, 2.75) is 17.9 Å². The molecule has 0 saturated heterocycles. The van der Waals surface area contributed by atoms with E-state index in [4.69, 9.17) is 0 Å². The minimum atomic E-state index is -3.72. The summed E-state index contributed by atoms with van der Waals surface area (Å²) in [7, 11) is -3.72. The molecule has 0 radical (unpaired) electrons. The van der Waals surface area contributed by atoms with Crippen LogP contribution in [0.15, 0.2) is 59.5 Å². The average molecular weight is 315 g/mol. The van der Waals surface area contributed by atoms with E-state index in [2.05, 4.69) is 0 Å². The van der Waals surface area contributed by atoms with E-state index in [9.17, 15) is 13.5 Å². The van der Waals surface area contributed by atoms with Crippen molar-refractivity contribution in [2.24, 2.45) is 0 Å². The summed E-state index contributed by atoms with van der Waals surface area (Å²) in [5.41, 5.74) is 2.35. The molecule has 0 spiro atoms. The topological polar surface area (TPSA) is 57.6 Å². The third-order valence-corrected chi connectivity index (χ3v) is 5.46. The SMILES string of the molecule is Cc1ccc(S(=O)(=O)N2CC(O)C=Cc3ccccc32)cc1. The van der Waals surface area contributed by atoms with E-state index < -0.39 is 16.1 Å². The van der Waals surface area contributed by atoms with E-state index in [1.807, 2.05) is 19.1 Å². The summed E-state index contributed by atoms with van der Waals surface area (Å²) < 4.78 is 27.2. The van der Waals surface area contributed by atoms with Crippen molar-refractivity contribution in [3.05, 3.63) is 65.7 Å². The molecule has 4 nitrogen and oxygen atoms in total. The second-order valence-electron chi connectivity index (χ2n) is 5.33. The number of hydrogen-bond donors (Lipinski definition) is 1. The van der Waals surface area contributed by atoms with Gasteiger partial charge in [-0.15, -0.1) is 0 Å². The van der Waals surface area contributed by atoms with Gasteiger partial charge in [-0.25, -0.2) is 8.42 Å². The first-order valence-corrected chi connectivity index (χ1v) is 8.47. The van der Waals surface area contributed by atoms with Crippen LogP contribution in [-0.2, 0) is 10.0 Å². The lowest BCUT2D eigenvalue weighted by Gasteiger charge is -2.25. The van der Waals surface area contributed by atoms with Crippen LogP contribution in [0.25, 0.3) is 6.08 Å². The summed E-state index contributed by atoms with van der Waals surface area (Å²) in [5, 5.41) is 9.99. The maximum absolute atomic E-state index is 12.9. The van der Waals surface area contributed by atoms with E-state index >= 15 is 0 Å². The highest BCUT2D eigenvalue weighted by Gasteiger charge is 2.29. The highest BCUT2D eigenvalue weighted by Crippen LogP contribution is 2.30. The number of β-amino-alcohol motifs (C(OH)–C–C–N with tert-alkyl or cyclic N) is 1. The first-order valence-electron chi connectivity index (χ1n) is 7.03. The van der Waals surface area contributed by atoms with Crippen molar-refractivity contribution in [3.8, 4) is 0 Å². The maximum Gasteiger partial charge on any atom is 0.264 e. The van der Waals surface area contributed by atoms with Gasteiger partial charge in [0.05, 0.1) is 23.2 Å². The zero-order valence-electron chi connectivity index (χ0n) is 12.2. The summed E-state index contributed by atoms with van der Waals surface area (Å²) in [4.78, 5) is 0.224. The molecule has 1 N–H and O–H groups in total. The van der Waals surface area contributed by atoms with Gasteiger partial charge in [0.2, 0.25) is 0 Å². The lowest BCUT2D eigenvalue weighted by molar-refractivity contribution is 0.233. The molecule has 2 aromatic rings. The Hall–Kier alpha value is -2.11. The number of benzene rings is 2. The van der Waals surface area contributed by atoms with Crippen molar-refractivity contribution in [3.63, 3.8) is 0 Å². The van der Waals surface area contributed by atoms with Gasteiger partial charge >= 0.3 is 0 Å². The Labute approximate surface area is 130 Å². The van der Waals surface area contributed by atoms with E-state index in [1.165, 1.54) is 4.31 Å². The van der Waals surface area contributed by atoms with E-state index in [0.29, 0.717) is 5.69 Å². The number of hydrogen-bond acceptors (Lipinski definition) is 3. The highest BCUT2D eigenvalue weighted by atomic mass is 32.2. The minimum absolute atomic E-state index is 0.00369. The fourth-order valence-corrected chi connectivity index (χ4v) is 3.97. The standard InChI is InChI=1S/C17H17NO3S/c1-13-6-10-16(11-7-13)22(20,21)18-12-15(19)9-8-14-4-2-3-5-17(14)18/h2-11,15,19H,12H2,1H3. The Kier molecular flexibility index (Phi) is 3.76. The van der Waals surface area contributed by atoms with Crippen LogP contribution in [-0.4, -0.2) is 26.2 Å². The lowest BCUT2D eigenvalue weighted by Crippen LogP contribution is -2.36. The van der Waals surface area contributed by atoms with Gasteiger partial charge in [0.1, 0.15) is 0 Å². The Morgan fingerprint density at radius 1 is 1.09 bits per heavy atom. The molecule has 1 aliphatic rings. The molecule has 22 heavy (non-hydrogen) atoms. The third kappa shape index (κ3) is 2.65. The van der Waals surface area contributed by atoms with Crippen molar-refractivity contribution >= 4 is 21.8 Å². The highest BCUT2D eigenvalue weighted by molar-refractivity contribution is 7.92. The fraction of sp³-hybridized carbons (Fsp3) is 0.176. The molecule has 1 heterocycles. The van der Waals surface area contributed by atoms with Crippen LogP contribution in [0.1, 0.15) is 11.1 Å². The normalized spacial score (nSPS) is 17.9. The van der Waals surface area contributed by atoms with Gasteiger partial charge in [0.25, 0.3) is 10.0 Å². The van der Waals surface area contributed by atoms with Crippen LogP contribution in [0, 0.1) is 6.92 Å². The van der Waals surface area contributed by atoms with E-state index in [0.717, 1.165) is 11.1 Å². The Bertz CT molecular complexity index is 810. The first kappa shape index (κ1) is 14.8. The number of aliphatic hydroxyl groups is 1. The van der Waals surface area contributed by atoms with Crippen molar-refractivity contribution in [1.29, 1.82) is 0 Å². The number of para-hydroxylation sites is 1. The van der Waals surface area contributed by atoms with Crippen molar-refractivity contribution < 1.29 is 13.5 Å². The molecule has 3 rings (SSSR count). The van der Waals surface area contributed by atoms with Crippen LogP contribution in [0.4, 0.5) is 5.69 Å². The van der Waals surface area contributed by atoms with Crippen molar-refractivity contribution in [1.82, 2.24) is 0 Å². The number of fused-ring (bicyclic) bond motifs is 1. The second-order valence-corrected chi connectivity index (χ2v) is 7.20. The molecule has 0 fully saturated rings. The predicted octanol–water partition coefficient (Wildman–Crippen LogP) is 2.58. The predicted molar refractivity (Wildman–Crippen MR) is 87.2 cm³/mol. The average Bonchev–Trinajstić information content (AvgIpc) is 2.68. The van der Waals surface area contributed by atoms with Gasteiger partial charge in [0, 0.05) is 0 Å². The number of rotatable bonds is 2. The van der Waals surface area contributed by atoms with Crippen LogP contribution < -0.4 is 4.31 Å². The zero-order valence-corrected chi connectivity index (χ0v) is 13.0. The Morgan fingerprint density at radius 3 is 2.50 bits per heavy atom. The number of sulfonamides is 1. The molecule has 1 atom stereocenters. The molecule has 0 aromatic heterocycles. The third-order valence-electron chi connectivity index (χ3n) is 3.67. The smallest absolute Gasteiger partial charge is 0.264 e. The van der Waals surface area contributed by atoms with Crippen LogP contribution in [0.5, 0.6) is 0 Å². The second kappa shape index (κ2) is 5.59. The van der Waals surface area contributed by atoms with Crippen LogP contribution in [0.3, 0.4) is 0 Å². The van der Waals surface area contributed by atoms with Crippen molar-refractivity contribution in [2.75, 3.05) is 10.8 Å². The van der Waals surface area contributed by atoms with Gasteiger partial charge in [-0.2, -0.15) is 0 Å². The summed E-state index contributed by atoms with van der Waals surface area (Å²) in [6, 6.07) is 14.0. The molecule has 0 bridgehead atoms. The molecule has 1 unspecified atom stereocenters. The van der Waals surface area contributed by atoms with Crippen LogP contribution in [0.2, 0.25) is 0 Å². The van der Waals surface area contributed by atoms with Gasteiger partial charge < -0.3 is 5.11 Å². The molecule has 1 aliphatic heterocycles. The van der Waals surface area contributed by atoms with Gasteiger partial charge in [0.15, 0.2) is 0 Å². The number of anilines is 1. The van der Waals surface area contributed by atoms with Gasteiger partial charge in [-0.1, -0.05) is 48.0 Å². The Balaban J connectivity index is 2.12.